The second-order valence-corrected chi connectivity index (χ2v) is 3.27. The molecule has 0 radical (unpaired) electrons. The number of aryl methyl sites for hydroxylation is 2. The molecule has 1 aromatic rings. The molecule has 1 rings (SSSR count). The molecular weight excluding hydrogens is 148 g/mol. The van der Waals surface area contributed by atoms with Gasteiger partial charge in [-0.1, -0.05) is 20.3 Å². The van der Waals surface area contributed by atoms with Crippen LogP contribution in [0.25, 0.3) is 0 Å². The Morgan fingerprint density at radius 1 is 1.17 bits per heavy atom. The molecule has 1 aromatic heterocycles. The smallest absolute Gasteiger partial charge is 0.104 e. The number of hydrogen-bond acceptors (Lipinski definition) is 1. The maximum atomic E-state index is 5.40. The van der Waals surface area contributed by atoms with Gasteiger partial charge in [0.25, 0.3) is 0 Å². The second-order valence-electron chi connectivity index (χ2n) is 3.27. The molecule has 1 heterocycles. The Morgan fingerprint density at radius 2 is 2.00 bits per heavy atom. The minimum absolute atomic E-state index is 1.08. The third-order valence-electron chi connectivity index (χ3n) is 2.02. The van der Waals surface area contributed by atoms with Crippen LogP contribution in [0.15, 0.2) is 16.7 Å². The fourth-order valence-corrected chi connectivity index (χ4v) is 1.32. The normalized spacial score (nSPS) is 10.5. The van der Waals surface area contributed by atoms with Crippen molar-refractivity contribution in [3.05, 3.63) is 23.7 Å². The van der Waals surface area contributed by atoms with Gasteiger partial charge in [-0.15, -0.1) is 0 Å². The average Bonchev–Trinajstić information content (AvgIpc) is 2.50. The Balaban J connectivity index is 2.41. The van der Waals surface area contributed by atoms with E-state index in [1.165, 1.54) is 31.2 Å². The molecule has 0 saturated carbocycles. The summed E-state index contributed by atoms with van der Waals surface area (Å²) in [6, 6.07) is 2.19. The van der Waals surface area contributed by atoms with Crippen LogP contribution in [0.5, 0.6) is 0 Å². The van der Waals surface area contributed by atoms with Crippen LogP contribution in [0.4, 0.5) is 0 Å². The van der Waals surface area contributed by atoms with Crippen LogP contribution in [-0.2, 0) is 12.8 Å². The van der Waals surface area contributed by atoms with Gasteiger partial charge < -0.3 is 4.42 Å². The highest BCUT2D eigenvalue weighted by Crippen LogP contribution is 2.12. The van der Waals surface area contributed by atoms with E-state index in [0.717, 1.165) is 12.2 Å². The molecule has 0 bridgehead atoms. The molecule has 0 amide bonds. The highest BCUT2D eigenvalue weighted by Gasteiger charge is 1.99. The molecule has 0 aliphatic heterocycles. The molecular formula is C11H18O. The van der Waals surface area contributed by atoms with Crippen molar-refractivity contribution in [2.24, 2.45) is 0 Å². The Hall–Kier alpha value is -0.720. The quantitative estimate of drug-likeness (QED) is 0.651. The van der Waals surface area contributed by atoms with E-state index in [2.05, 4.69) is 19.9 Å². The van der Waals surface area contributed by atoms with Gasteiger partial charge in [0.1, 0.15) is 5.76 Å². The van der Waals surface area contributed by atoms with Crippen LogP contribution < -0.4 is 0 Å². The van der Waals surface area contributed by atoms with E-state index in [1.54, 1.807) is 0 Å². The fourth-order valence-electron chi connectivity index (χ4n) is 1.32. The van der Waals surface area contributed by atoms with Gasteiger partial charge in [0.05, 0.1) is 6.26 Å². The summed E-state index contributed by atoms with van der Waals surface area (Å²) >= 11 is 0. The summed E-state index contributed by atoms with van der Waals surface area (Å²) in [4.78, 5) is 0. The average molecular weight is 166 g/mol. The summed E-state index contributed by atoms with van der Waals surface area (Å²) in [5.41, 5.74) is 1.36. The summed E-state index contributed by atoms with van der Waals surface area (Å²) < 4.78 is 5.40. The highest BCUT2D eigenvalue weighted by atomic mass is 16.3. The highest BCUT2D eigenvalue weighted by molar-refractivity contribution is 5.12. The number of hydrogen-bond donors (Lipinski definition) is 0. The van der Waals surface area contributed by atoms with E-state index in [1.807, 2.05) is 6.26 Å². The van der Waals surface area contributed by atoms with Crippen LogP contribution in [-0.4, -0.2) is 0 Å². The van der Waals surface area contributed by atoms with Crippen molar-refractivity contribution in [2.75, 3.05) is 0 Å². The van der Waals surface area contributed by atoms with E-state index in [-0.39, 0.29) is 0 Å². The zero-order chi connectivity index (χ0) is 8.81. The molecule has 0 aliphatic carbocycles. The van der Waals surface area contributed by atoms with Crippen molar-refractivity contribution in [3.8, 4) is 0 Å². The SMILES string of the molecule is CCCCc1coc(CCC)c1. The molecule has 0 fully saturated rings. The molecule has 0 N–H and O–H groups in total. The Kier molecular flexibility index (Phi) is 3.92. The second kappa shape index (κ2) is 5.02. The van der Waals surface area contributed by atoms with Gasteiger partial charge in [-0.25, -0.2) is 0 Å². The van der Waals surface area contributed by atoms with Crippen LogP contribution in [0.1, 0.15) is 44.4 Å². The topological polar surface area (TPSA) is 13.1 Å². The van der Waals surface area contributed by atoms with E-state index in [4.69, 9.17) is 4.42 Å². The lowest BCUT2D eigenvalue weighted by molar-refractivity contribution is 0.504. The molecule has 0 spiro atoms. The Bertz CT molecular complexity index is 213. The largest absolute Gasteiger partial charge is 0.469 e. The van der Waals surface area contributed by atoms with Gasteiger partial charge in [-0.2, -0.15) is 0 Å². The predicted molar refractivity (Wildman–Crippen MR) is 51.3 cm³/mol. The van der Waals surface area contributed by atoms with Crippen molar-refractivity contribution in [1.82, 2.24) is 0 Å². The van der Waals surface area contributed by atoms with E-state index >= 15 is 0 Å². The summed E-state index contributed by atoms with van der Waals surface area (Å²) in [5.74, 6) is 1.14. The maximum Gasteiger partial charge on any atom is 0.104 e. The molecule has 12 heavy (non-hydrogen) atoms. The van der Waals surface area contributed by atoms with Crippen molar-refractivity contribution < 1.29 is 4.42 Å². The monoisotopic (exact) mass is 166 g/mol. The van der Waals surface area contributed by atoms with Gasteiger partial charge >= 0.3 is 0 Å². The van der Waals surface area contributed by atoms with Crippen molar-refractivity contribution in [1.29, 1.82) is 0 Å². The summed E-state index contributed by atoms with van der Waals surface area (Å²) in [6.07, 6.45) is 7.84. The third kappa shape index (κ3) is 2.72. The fraction of sp³-hybridized carbons (Fsp3) is 0.636. The molecule has 0 saturated heterocycles. The van der Waals surface area contributed by atoms with E-state index in [0.29, 0.717) is 0 Å². The maximum absolute atomic E-state index is 5.40. The molecule has 0 atom stereocenters. The minimum Gasteiger partial charge on any atom is -0.469 e. The standard InChI is InChI=1S/C11H18O/c1-3-5-7-10-8-11(6-4-2)12-9-10/h8-9H,3-7H2,1-2H3. The molecule has 1 nitrogen and oxygen atoms in total. The zero-order valence-corrected chi connectivity index (χ0v) is 8.10. The summed E-state index contributed by atoms with van der Waals surface area (Å²) in [7, 11) is 0. The summed E-state index contributed by atoms with van der Waals surface area (Å²) in [5, 5.41) is 0. The predicted octanol–water partition coefficient (Wildman–Crippen LogP) is 3.57. The molecule has 0 aliphatic rings. The molecule has 1 heteroatoms. The lowest BCUT2D eigenvalue weighted by Gasteiger charge is -1.90. The third-order valence-corrected chi connectivity index (χ3v) is 2.02. The molecule has 68 valence electrons. The van der Waals surface area contributed by atoms with Crippen molar-refractivity contribution in [3.63, 3.8) is 0 Å². The van der Waals surface area contributed by atoms with Crippen molar-refractivity contribution >= 4 is 0 Å². The minimum atomic E-state index is 1.08. The van der Waals surface area contributed by atoms with Gasteiger partial charge in [0.15, 0.2) is 0 Å². The lowest BCUT2D eigenvalue weighted by atomic mass is 10.1. The van der Waals surface area contributed by atoms with Gasteiger partial charge in [0.2, 0.25) is 0 Å². The molecule has 0 unspecified atom stereocenters. The van der Waals surface area contributed by atoms with E-state index in [9.17, 15) is 0 Å². The van der Waals surface area contributed by atoms with Gasteiger partial charge in [0, 0.05) is 6.42 Å². The van der Waals surface area contributed by atoms with Crippen LogP contribution in [0.2, 0.25) is 0 Å². The number of furan rings is 1. The number of unbranched alkanes of at least 4 members (excludes halogenated alkanes) is 1. The first-order valence-corrected chi connectivity index (χ1v) is 4.93. The Morgan fingerprint density at radius 3 is 2.67 bits per heavy atom. The first-order chi connectivity index (χ1) is 5.86. The van der Waals surface area contributed by atoms with Gasteiger partial charge in [-0.3, -0.25) is 0 Å². The van der Waals surface area contributed by atoms with E-state index < -0.39 is 0 Å². The number of rotatable bonds is 5. The molecule has 0 aromatic carbocycles. The zero-order valence-electron chi connectivity index (χ0n) is 8.10. The summed E-state index contributed by atoms with van der Waals surface area (Å²) in [6.45, 7) is 4.39. The lowest BCUT2D eigenvalue weighted by Crippen LogP contribution is -1.80. The van der Waals surface area contributed by atoms with Crippen molar-refractivity contribution in [2.45, 2.75) is 46.0 Å². The Labute approximate surface area is 74.8 Å². The van der Waals surface area contributed by atoms with Gasteiger partial charge in [-0.05, 0) is 30.9 Å². The van der Waals surface area contributed by atoms with Crippen LogP contribution in [0.3, 0.4) is 0 Å². The van der Waals surface area contributed by atoms with Crippen LogP contribution in [0, 0.1) is 0 Å². The van der Waals surface area contributed by atoms with Crippen LogP contribution >= 0.6 is 0 Å². The first kappa shape index (κ1) is 9.37. The first-order valence-electron chi connectivity index (χ1n) is 4.93.